The van der Waals surface area contributed by atoms with Gasteiger partial charge in [-0.15, -0.1) is 0 Å². The lowest BCUT2D eigenvalue weighted by molar-refractivity contribution is -0.0410. The number of halogens is 1. The first kappa shape index (κ1) is 17.4. The number of hydrogen-bond acceptors (Lipinski definition) is 6. The van der Waals surface area contributed by atoms with Gasteiger partial charge in [0.2, 0.25) is 5.28 Å². The zero-order valence-corrected chi connectivity index (χ0v) is 14.2. The van der Waals surface area contributed by atoms with E-state index in [2.05, 4.69) is 14.9 Å². The largest absolute Gasteiger partial charge is 0.396 e. The van der Waals surface area contributed by atoms with Crippen LogP contribution in [0.15, 0.2) is 0 Å². The Morgan fingerprint density at radius 3 is 2.59 bits per heavy atom. The highest BCUT2D eigenvalue weighted by Gasteiger charge is 2.40. The van der Waals surface area contributed by atoms with Gasteiger partial charge in [-0.25, -0.2) is 9.97 Å². The molecule has 124 valence electrons. The summed E-state index contributed by atoms with van der Waals surface area (Å²) in [4.78, 5) is 10.9. The fraction of sp³-hybridized carbons (Fsp3) is 0.733. The first-order chi connectivity index (χ1) is 10.6. The molecule has 1 fully saturated rings. The number of rotatable bonds is 3. The molecule has 22 heavy (non-hydrogen) atoms. The van der Waals surface area contributed by atoms with Crippen molar-refractivity contribution in [3.8, 4) is 0 Å². The third-order valence-electron chi connectivity index (χ3n) is 3.89. The summed E-state index contributed by atoms with van der Waals surface area (Å²) in [7, 11) is 0. The van der Waals surface area contributed by atoms with E-state index < -0.39 is 5.60 Å². The molecule has 0 radical (unpaired) electrons. The summed E-state index contributed by atoms with van der Waals surface area (Å²) < 4.78 is 11.2. The topological polar surface area (TPSA) is 67.7 Å². The Hall–Kier alpha value is -0.950. The number of aliphatic hydroxyl groups excluding tert-OH is 1. The predicted octanol–water partition coefficient (Wildman–Crippen LogP) is 2.12. The zero-order chi connectivity index (χ0) is 16.2. The number of ether oxygens (including phenoxy) is 2. The summed E-state index contributed by atoms with van der Waals surface area (Å²) in [5, 5.41) is 9.44. The highest BCUT2D eigenvalue weighted by atomic mass is 35.5. The lowest BCUT2D eigenvalue weighted by Crippen LogP contribution is -2.37. The van der Waals surface area contributed by atoms with Crippen LogP contribution in [0.5, 0.6) is 0 Å². The second kappa shape index (κ2) is 7.55. The van der Waals surface area contributed by atoms with Crippen LogP contribution >= 0.6 is 11.6 Å². The molecule has 0 saturated carbocycles. The van der Waals surface area contributed by atoms with Gasteiger partial charge in [-0.1, -0.05) is 13.8 Å². The number of nitrogens with zero attached hydrogens (tertiary/aromatic N) is 3. The SMILES string of the molecule is CC.CC1(CCO)OCc2c(N3CCOCC3)nc(Cl)nc21. The van der Waals surface area contributed by atoms with Gasteiger partial charge in [0.15, 0.2) is 0 Å². The van der Waals surface area contributed by atoms with Crippen molar-refractivity contribution < 1.29 is 14.6 Å². The molecule has 0 aromatic carbocycles. The summed E-state index contributed by atoms with van der Waals surface area (Å²) in [6, 6.07) is 0. The molecule has 1 saturated heterocycles. The molecule has 1 aromatic rings. The standard InChI is InChI=1S/C13H18ClN3O3.C2H6/c1-13(2-5-18)10-9(8-20-13)11(16-12(14)15-10)17-3-6-19-7-4-17;1-2/h18H,2-8H2,1H3;1-2H3. The van der Waals surface area contributed by atoms with Crippen molar-refractivity contribution in [2.24, 2.45) is 0 Å². The Balaban J connectivity index is 0.000000847. The second-order valence-electron chi connectivity index (χ2n) is 5.24. The van der Waals surface area contributed by atoms with Crippen LogP contribution in [0.2, 0.25) is 5.28 Å². The van der Waals surface area contributed by atoms with Gasteiger partial charge in [0.25, 0.3) is 0 Å². The van der Waals surface area contributed by atoms with Crippen molar-refractivity contribution in [3.05, 3.63) is 16.5 Å². The first-order valence-corrected chi connectivity index (χ1v) is 8.16. The van der Waals surface area contributed by atoms with E-state index >= 15 is 0 Å². The molecule has 1 N–H and O–H groups in total. The lowest BCUT2D eigenvalue weighted by Gasteiger charge is -2.29. The fourth-order valence-corrected chi connectivity index (χ4v) is 2.92. The summed E-state index contributed by atoms with van der Waals surface area (Å²) >= 11 is 6.08. The summed E-state index contributed by atoms with van der Waals surface area (Å²) in [6.45, 7) is 9.38. The van der Waals surface area contributed by atoms with E-state index in [9.17, 15) is 5.11 Å². The number of morpholine rings is 1. The Kier molecular flexibility index (Phi) is 5.97. The van der Waals surface area contributed by atoms with Gasteiger partial charge in [0.1, 0.15) is 11.4 Å². The van der Waals surface area contributed by atoms with Crippen LogP contribution in [0.3, 0.4) is 0 Å². The van der Waals surface area contributed by atoms with Gasteiger partial charge in [0, 0.05) is 31.7 Å². The van der Waals surface area contributed by atoms with E-state index in [1.807, 2.05) is 20.8 Å². The van der Waals surface area contributed by atoms with Crippen LogP contribution in [-0.2, 0) is 21.7 Å². The van der Waals surface area contributed by atoms with E-state index in [0.717, 1.165) is 30.2 Å². The van der Waals surface area contributed by atoms with Crippen LogP contribution in [0.4, 0.5) is 5.82 Å². The molecule has 6 nitrogen and oxygen atoms in total. The van der Waals surface area contributed by atoms with E-state index in [-0.39, 0.29) is 11.9 Å². The van der Waals surface area contributed by atoms with E-state index in [0.29, 0.717) is 26.2 Å². The smallest absolute Gasteiger partial charge is 0.224 e. The van der Waals surface area contributed by atoms with Crippen LogP contribution in [0.1, 0.15) is 38.4 Å². The molecule has 2 aliphatic heterocycles. The fourth-order valence-electron chi connectivity index (χ4n) is 2.76. The minimum atomic E-state index is -0.586. The van der Waals surface area contributed by atoms with Crippen molar-refractivity contribution in [3.63, 3.8) is 0 Å². The van der Waals surface area contributed by atoms with Gasteiger partial charge >= 0.3 is 0 Å². The Morgan fingerprint density at radius 1 is 1.27 bits per heavy atom. The first-order valence-electron chi connectivity index (χ1n) is 7.78. The van der Waals surface area contributed by atoms with E-state index in [4.69, 9.17) is 21.1 Å². The van der Waals surface area contributed by atoms with Crippen molar-refractivity contribution in [1.82, 2.24) is 9.97 Å². The van der Waals surface area contributed by atoms with Crippen molar-refractivity contribution in [1.29, 1.82) is 0 Å². The Bertz CT molecular complexity index is 509. The summed E-state index contributed by atoms with van der Waals surface area (Å²) in [6.07, 6.45) is 0.496. The molecule has 0 spiro atoms. The minimum Gasteiger partial charge on any atom is -0.396 e. The molecule has 0 amide bonds. The van der Waals surface area contributed by atoms with E-state index in [1.165, 1.54) is 0 Å². The maximum absolute atomic E-state index is 9.22. The van der Waals surface area contributed by atoms with Crippen molar-refractivity contribution in [2.75, 3.05) is 37.8 Å². The predicted molar refractivity (Wildman–Crippen MR) is 85.3 cm³/mol. The highest BCUT2D eigenvalue weighted by Crippen LogP contribution is 2.41. The van der Waals surface area contributed by atoms with Crippen molar-refractivity contribution in [2.45, 2.75) is 39.4 Å². The molecule has 7 heteroatoms. The van der Waals surface area contributed by atoms with Gasteiger partial charge in [-0.3, -0.25) is 0 Å². The van der Waals surface area contributed by atoms with Gasteiger partial charge in [0.05, 0.1) is 25.5 Å². The van der Waals surface area contributed by atoms with Crippen molar-refractivity contribution >= 4 is 17.4 Å². The lowest BCUT2D eigenvalue weighted by atomic mass is 9.97. The second-order valence-corrected chi connectivity index (χ2v) is 5.57. The number of anilines is 1. The molecule has 0 aliphatic carbocycles. The quantitative estimate of drug-likeness (QED) is 0.857. The van der Waals surface area contributed by atoms with Crippen LogP contribution in [-0.4, -0.2) is 48.0 Å². The molecular weight excluding hydrogens is 306 g/mol. The molecule has 3 rings (SSSR count). The third-order valence-corrected chi connectivity index (χ3v) is 4.06. The normalized spacial score (nSPS) is 23.8. The highest BCUT2D eigenvalue weighted by molar-refractivity contribution is 6.28. The summed E-state index contributed by atoms with van der Waals surface area (Å²) in [5.41, 5.74) is 1.19. The molecule has 1 atom stereocenters. The zero-order valence-electron chi connectivity index (χ0n) is 13.4. The molecule has 2 aliphatic rings. The molecule has 3 heterocycles. The Morgan fingerprint density at radius 2 is 1.95 bits per heavy atom. The minimum absolute atomic E-state index is 0.0461. The maximum atomic E-state index is 9.22. The van der Waals surface area contributed by atoms with Crippen LogP contribution < -0.4 is 4.90 Å². The average Bonchev–Trinajstić information content (AvgIpc) is 2.87. The number of fused-ring (bicyclic) bond motifs is 1. The maximum Gasteiger partial charge on any atom is 0.224 e. The van der Waals surface area contributed by atoms with Gasteiger partial charge < -0.3 is 19.5 Å². The monoisotopic (exact) mass is 329 g/mol. The molecule has 0 bridgehead atoms. The molecule has 1 aromatic heterocycles. The van der Waals surface area contributed by atoms with Crippen LogP contribution in [0, 0.1) is 0 Å². The third kappa shape index (κ3) is 3.35. The molecule has 1 unspecified atom stereocenters. The van der Waals surface area contributed by atoms with E-state index in [1.54, 1.807) is 0 Å². The molecular formula is C15H24ClN3O3. The van der Waals surface area contributed by atoms with Gasteiger partial charge in [-0.05, 0) is 18.5 Å². The number of hydrogen-bond donors (Lipinski definition) is 1. The summed E-state index contributed by atoms with van der Waals surface area (Å²) in [5.74, 6) is 0.838. The number of aliphatic hydroxyl groups is 1. The number of aromatic nitrogens is 2. The van der Waals surface area contributed by atoms with Gasteiger partial charge in [-0.2, -0.15) is 0 Å². The van der Waals surface area contributed by atoms with Crippen LogP contribution in [0.25, 0.3) is 0 Å². The Labute approximate surface area is 136 Å². The average molecular weight is 330 g/mol.